The fourth-order valence-corrected chi connectivity index (χ4v) is 3.54. The monoisotopic (exact) mass is 391 g/mol. The Morgan fingerprint density at radius 1 is 1.18 bits per heavy atom. The van der Waals surface area contributed by atoms with Crippen LogP contribution in [0.3, 0.4) is 0 Å². The number of hydrogen-bond donors (Lipinski definition) is 0. The number of amides is 1. The van der Waals surface area contributed by atoms with E-state index in [1.807, 2.05) is 4.90 Å². The van der Waals surface area contributed by atoms with Crippen LogP contribution in [0.25, 0.3) is 11.3 Å². The van der Waals surface area contributed by atoms with Crippen LogP contribution in [0.15, 0.2) is 34.9 Å². The number of aromatic nitrogens is 1. The molecule has 7 nitrogen and oxygen atoms in total. The van der Waals surface area contributed by atoms with Crippen LogP contribution < -0.4 is 4.90 Å². The van der Waals surface area contributed by atoms with Crippen LogP contribution in [-0.2, 0) is 11.0 Å². The molecule has 1 aromatic heterocycles. The highest BCUT2D eigenvalue weighted by atomic mass is 19.4. The molecule has 2 aromatic rings. The van der Waals surface area contributed by atoms with E-state index in [0.717, 1.165) is 12.1 Å². The van der Waals surface area contributed by atoms with E-state index in [1.165, 1.54) is 23.1 Å². The lowest BCUT2D eigenvalue weighted by Crippen LogP contribution is -2.64. The Kier molecular flexibility index (Phi) is 4.47. The van der Waals surface area contributed by atoms with Crippen LogP contribution in [-0.4, -0.2) is 59.6 Å². The van der Waals surface area contributed by atoms with Gasteiger partial charge >= 0.3 is 6.18 Å². The van der Waals surface area contributed by atoms with Gasteiger partial charge in [-0.3, -0.25) is 14.6 Å². The van der Waals surface area contributed by atoms with Gasteiger partial charge in [0.05, 0.1) is 12.1 Å². The van der Waals surface area contributed by atoms with Gasteiger partial charge in [-0.2, -0.15) is 18.4 Å². The molecule has 0 N–H and O–H groups in total. The van der Waals surface area contributed by atoms with E-state index in [9.17, 15) is 18.0 Å². The Labute approximate surface area is 158 Å². The lowest BCUT2D eigenvalue weighted by Gasteiger charge is -2.44. The predicted molar refractivity (Wildman–Crippen MR) is 91.8 cm³/mol. The number of alkyl halides is 3. The topological polar surface area (TPSA) is 76.6 Å². The summed E-state index contributed by atoms with van der Waals surface area (Å²) in [5.74, 6) is 0.208. The summed E-state index contributed by atoms with van der Waals surface area (Å²) < 4.78 is 44.0. The second-order valence-corrected chi connectivity index (χ2v) is 6.72. The maximum atomic E-state index is 12.9. The zero-order valence-corrected chi connectivity index (χ0v) is 14.7. The summed E-state index contributed by atoms with van der Waals surface area (Å²) in [6.07, 6.45) is -2.39. The molecule has 0 saturated carbocycles. The number of nitriles is 1. The van der Waals surface area contributed by atoms with Crippen LogP contribution >= 0.6 is 0 Å². The second kappa shape index (κ2) is 6.83. The van der Waals surface area contributed by atoms with Crippen LogP contribution in [0, 0.1) is 11.5 Å². The van der Waals surface area contributed by atoms with E-state index in [-0.39, 0.29) is 23.0 Å². The maximum absolute atomic E-state index is 12.9. The fraction of sp³-hybridized carbons (Fsp3) is 0.389. The number of nitrogens with zero attached hydrogens (tertiary/aromatic N) is 5. The van der Waals surface area contributed by atoms with E-state index in [4.69, 9.17) is 9.78 Å². The van der Waals surface area contributed by atoms with Crippen molar-refractivity contribution in [1.82, 2.24) is 15.0 Å². The first kappa shape index (κ1) is 18.3. The largest absolute Gasteiger partial charge is 0.416 e. The van der Waals surface area contributed by atoms with E-state index < -0.39 is 17.8 Å². The van der Waals surface area contributed by atoms with E-state index in [1.54, 1.807) is 4.90 Å². The number of piperazine rings is 2. The number of fused-ring (bicyclic) bond motifs is 1. The molecule has 0 radical (unpaired) electrons. The Morgan fingerprint density at radius 3 is 2.71 bits per heavy atom. The van der Waals surface area contributed by atoms with Crippen molar-refractivity contribution in [3.05, 3.63) is 35.9 Å². The van der Waals surface area contributed by atoms with Gasteiger partial charge in [0.15, 0.2) is 17.8 Å². The molecule has 10 heteroatoms. The molecule has 2 aliphatic rings. The molecule has 4 rings (SSSR count). The standard InChI is InChI=1S/C18H16F3N5O2/c19-18(20,21)13-3-1-2-12(8-13)15-9-16(23-28-15)26-7-6-25-5-4-24(11-22)10-14(25)17(26)27/h1-3,8-9,14H,4-7,10H2. The summed E-state index contributed by atoms with van der Waals surface area (Å²) >= 11 is 0. The quantitative estimate of drug-likeness (QED) is 0.731. The minimum absolute atomic E-state index is 0.152. The highest BCUT2D eigenvalue weighted by molar-refractivity contribution is 5.97. The van der Waals surface area contributed by atoms with E-state index >= 15 is 0 Å². The molecule has 0 aliphatic carbocycles. The summed E-state index contributed by atoms with van der Waals surface area (Å²) in [6, 6.07) is 5.77. The zero-order chi connectivity index (χ0) is 19.9. The van der Waals surface area contributed by atoms with Crippen molar-refractivity contribution >= 4 is 11.7 Å². The zero-order valence-electron chi connectivity index (χ0n) is 14.7. The van der Waals surface area contributed by atoms with Crippen LogP contribution in [0.5, 0.6) is 0 Å². The van der Waals surface area contributed by atoms with Crippen LogP contribution in [0.4, 0.5) is 19.0 Å². The fourth-order valence-electron chi connectivity index (χ4n) is 3.54. The van der Waals surface area contributed by atoms with Crippen LogP contribution in [0.1, 0.15) is 5.56 Å². The number of halogens is 3. The molecule has 1 atom stereocenters. The van der Waals surface area contributed by atoms with Crippen molar-refractivity contribution in [3.8, 4) is 17.5 Å². The molecule has 2 aliphatic heterocycles. The third kappa shape index (κ3) is 3.29. The van der Waals surface area contributed by atoms with Gasteiger partial charge < -0.3 is 9.42 Å². The second-order valence-electron chi connectivity index (χ2n) is 6.72. The summed E-state index contributed by atoms with van der Waals surface area (Å²) in [7, 11) is 0. The van der Waals surface area contributed by atoms with Gasteiger partial charge in [-0.05, 0) is 12.1 Å². The molecule has 0 bridgehead atoms. The summed E-state index contributed by atoms with van der Waals surface area (Å²) in [5, 5.41) is 13.0. The average molecular weight is 391 g/mol. The lowest BCUT2D eigenvalue weighted by atomic mass is 10.1. The van der Waals surface area contributed by atoms with E-state index in [2.05, 4.69) is 11.3 Å². The van der Waals surface area contributed by atoms with Crippen molar-refractivity contribution in [3.63, 3.8) is 0 Å². The van der Waals surface area contributed by atoms with E-state index in [0.29, 0.717) is 32.7 Å². The molecule has 1 amide bonds. The van der Waals surface area contributed by atoms with Crippen molar-refractivity contribution in [2.24, 2.45) is 0 Å². The number of hydrogen-bond acceptors (Lipinski definition) is 6. The van der Waals surface area contributed by atoms with Gasteiger partial charge in [0.25, 0.3) is 0 Å². The Balaban J connectivity index is 1.56. The van der Waals surface area contributed by atoms with Gasteiger partial charge in [-0.15, -0.1) is 0 Å². The van der Waals surface area contributed by atoms with Crippen molar-refractivity contribution in [2.45, 2.75) is 12.2 Å². The van der Waals surface area contributed by atoms with Gasteiger partial charge in [0.2, 0.25) is 5.91 Å². The summed E-state index contributed by atoms with van der Waals surface area (Å²) in [4.78, 5) is 17.9. The molecule has 0 spiro atoms. The maximum Gasteiger partial charge on any atom is 0.416 e. The highest BCUT2D eigenvalue weighted by Gasteiger charge is 2.40. The predicted octanol–water partition coefficient (Wildman–Crippen LogP) is 2.17. The third-order valence-corrected chi connectivity index (χ3v) is 5.04. The molecule has 146 valence electrons. The molecule has 1 unspecified atom stereocenters. The number of carbonyl (C=O) groups is 1. The van der Waals surface area contributed by atoms with Crippen molar-refractivity contribution in [1.29, 1.82) is 5.26 Å². The van der Waals surface area contributed by atoms with Crippen molar-refractivity contribution < 1.29 is 22.5 Å². The van der Waals surface area contributed by atoms with Crippen LogP contribution in [0.2, 0.25) is 0 Å². The average Bonchev–Trinajstić information content (AvgIpc) is 3.17. The first-order valence-electron chi connectivity index (χ1n) is 8.71. The SMILES string of the molecule is N#CN1CCN2CCN(c3cc(-c4cccc(C(F)(F)F)c4)on3)C(=O)C2C1. The highest BCUT2D eigenvalue weighted by Crippen LogP contribution is 2.33. The minimum atomic E-state index is -4.46. The smallest absolute Gasteiger partial charge is 0.354 e. The molecular formula is C18H16F3N5O2. The summed E-state index contributed by atoms with van der Waals surface area (Å²) in [5.41, 5.74) is -0.556. The Bertz CT molecular complexity index is 936. The number of rotatable bonds is 2. The normalized spacial score (nSPS) is 20.8. The van der Waals surface area contributed by atoms with Crippen molar-refractivity contribution in [2.75, 3.05) is 37.6 Å². The third-order valence-electron chi connectivity index (χ3n) is 5.04. The number of anilines is 1. The molecular weight excluding hydrogens is 375 g/mol. The molecule has 2 saturated heterocycles. The minimum Gasteiger partial charge on any atom is -0.354 e. The summed E-state index contributed by atoms with van der Waals surface area (Å²) in [6.45, 7) is 2.55. The molecule has 2 fully saturated rings. The molecule has 28 heavy (non-hydrogen) atoms. The van der Waals surface area contributed by atoms with Gasteiger partial charge in [0.1, 0.15) is 6.04 Å². The van der Waals surface area contributed by atoms with Gasteiger partial charge in [-0.1, -0.05) is 17.3 Å². The van der Waals surface area contributed by atoms with Gasteiger partial charge in [0, 0.05) is 37.8 Å². The first-order chi connectivity index (χ1) is 13.4. The first-order valence-corrected chi connectivity index (χ1v) is 8.71. The number of benzene rings is 1. The lowest BCUT2D eigenvalue weighted by molar-refractivity contribution is -0.137. The molecule has 3 heterocycles. The number of carbonyl (C=O) groups excluding carboxylic acids is 1. The molecule has 1 aromatic carbocycles. The van der Waals surface area contributed by atoms with Gasteiger partial charge in [-0.25, -0.2) is 0 Å². The Hall–Kier alpha value is -3.06. The Morgan fingerprint density at radius 2 is 1.96 bits per heavy atom.